The highest BCUT2D eigenvalue weighted by Crippen LogP contribution is 2.24. The average Bonchev–Trinajstić information content (AvgIpc) is 2.87. The topological polar surface area (TPSA) is 104 Å². The molecule has 0 aliphatic heterocycles. The fourth-order valence-corrected chi connectivity index (χ4v) is 2.24. The van der Waals surface area contributed by atoms with Gasteiger partial charge >= 0.3 is 6.09 Å². The number of rotatable bonds is 3. The molecular weight excluding hydrogens is 287 g/mol. The second-order valence-electron chi connectivity index (χ2n) is 4.82. The van der Waals surface area contributed by atoms with Gasteiger partial charge in [-0.25, -0.2) is 14.2 Å². The van der Waals surface area contributed by atoms with Gasteiger partial charge < -0.3 is 15.8 Å². The summed E-state index contributed by atoms with van der Waals surface area (Å²) in [6.45, 7) is 0. The Morgan fingerprint density at radius 2 is 1.91 bits per heavy atom. The van der Waals surface area contributed by atoms with E-state index >= 15 is 0 Å². The van der Waals surface area contributed by atoms with Crippen molar-refractivity contribution in [3.8, 4) is 0 Å². The number of H-pyrrole nitrogens is 1. The molecule has 3 aromatic rings. The average molecular weight is 300 g/mol. The van der Waals surface area contributed by atoms with E-state index in [4.69, 9.17) is 10.8 Å². The van der Waals surface area contributed by atoms with Crippen LogP contribution in [0.25, 0.3) is 11.0 Å². The molecular formula is C15H13FN4O2. The number of hydrogen-bond donors (Lipinski definition) is 4. The van der Waals surface area contributed by atoms with Gasteiger partial charge in [-0.3, -0.25) is 5.32 Å². The molecule has 1 amide bonds. The number of amides is 1. The highest BCUT2D eigenvalue weighted by atomic mass is 19.1. The molecule has 7 heteroatoms. The molecule has 0 spiro atoms. The number of carbonyl (C=O) groups is 1. The summed E-state index contributed by atoms with van der Waals surface area (Å²) < 4.78 is 13.0. The van der Waals surface area contributed by atoms with Crippen LogP contribution >= 0.6 is 0 Å². The van der Waals surface area contributed by atoms with E-state index in [2.05, 4.69) is 15.3 Å². The molecule has 3 rings (SSSR count). The Hall–Kier alpha value is -2.93. The summed E-state index contributed by atoms with van der Waals surface area (Å²) in [5, 5.41) is 10.8. The van der Waals surface area contributed by atoms with Crippen LogP contribution in [0.15, 0.2) is 42.5 Å². The first-order chi connectivity index (χ1) is 10.5. The second-order valence-corrected chi connectivity index (χ2v) is 4.82. The SMILES string of the molecule is NC(c1ccc(F)cc1)c1ccc2[nH]c(NC(=O)O)nc2c1. The summed E-state index contributed by atoms with van der Waals surface area (Å²) in [4.78, 5) is 17.6. The largest absolute Gasteiger partial charge is 0.465 e. The van der Waals surface area contributed by atoms with Crippen LogP contribution in [0, 0.1) is 5.82 Å². The van der Waals surface area contributed by atoms with Gasteiger partial charge in [0.15, 0.2) is 0 Å². The van der Waals surface area contributed by atoms with Crippen molar-refractivity contribution in [2.45, 2.75) is 6.04 Å². The van der Waals surface area contributed by atoms with Gasteiger partial charge in [0.1, 0.15) is 5.82 Å². The monoisotopic (exact) mass is 300 g/mol. The lowest BCUT2D eigenvalue weighted by Gasteiger charge is -2.12. The number of benzene rings is 2. The molecule has 0 bridgehead atoms. The van der Waals surface area contributed by atoms with Gasteiger partial charge in [0.05, 0.1) is 17.1 Å². The van der Waals surface area contributed by atoms with Crippen LogP contribution in [0.4, 0.5) is 15.1 Å². The highest BCUT2D eigenvalue weighted by molar-refractivity contribution is 5.85. The van der Waals surface area contributed by atoms with Gasteiger partial charge in [-0.15, -0.1) is 0 Å². The van der Waals surface area contributed by atoms with Gasteiger partial charge in [0, 0.05) is 0 Å². The van der Waals surface area contributed by atoms with Crippen LogP contribution in [0.1, 0.15) is 17.2 Å². The first kappa shape index (κ1) is 14.0. The number of aromatic amines is 1. The van der Waals surface area contributed by atoms with Crippen LogP contribution in [0.2, 0.25) is 0 Å². The van der Waals surface area contributed by atoms with E-state index in [1.54, 1.807) is 24.3 Å². The number of halogens is 1. The van der Waals surface area contributed by atoms with Gasteiger partial charge in [-0.05, 0) is 35.4 Å². The molecule has 0 saturated carbocycles. The molecule has 112 valence electrons. The summed E-state index contributed by atoms with van der Waals surface area (Å²) in [5.74, 6) is -0.168. The highest BCUT2D eigenvalue weighted by Gasteiger charge is 2.12. The van der Waals surface area contributed by atoms with E-state index < -0.39 is 12.1 Å². The third-order valence-electron chi connectivity index (χ3n) is 3.32. The number of nitrogens with one attached hydrogen (secondary N) is 2. The number of hydrogen-bond acceptors (Lipinski definition) is 3. The lowest BCUT2D eigenvalue weighted by molar-refractivity contribution is 0.209. The maximum atomic E-state index is 13.0. The van der Waals surface area contributed by atoms with Crippen molar-refractivity contribution in [3.05, 3.63) is 59.4 Å². The molecule has 1 aromatic heterocycles. The quantitative estimate of drug-likeness (QED) is 0.597. The number of fused-ring (bicyclic) bond motifs is 1. The molecule has 1 unspecified atom stereocenters. The third-order valence-corrected chi connectivity index (χ3v) is 3.32. The number of aromatic nitrogens is 2. The summed E-state index contributed by atoms with van der Waals surface area (Å²) in [7, 11) is 0. The van der Waals surface area contributed by atoms with Crippen molar-refractivity contribution in [1.82, 2.24) is 9.97 Å². The Bertz CT molecular complexity index is 829. The number of imidazole rings is 1. The van der Waals surface area contributed by atoms with E-state index in [-0.39, 0.29) is 11.8 Å². The molecule has 5 N–H and O–H groups in total. The molecule has 6 nitrogen and oxygen atoms in total. The Labute approximate surface area is 124 Å². The first-order valence-electron chi connectivity index (χ1n) is 6.53. The van der Waals surface area contributed by atoms with Crippen LogP contribution < -0.4 is 11.1 Å². The molecule has 1 atom stereocenters. The van der Waals surface area contributed by atoms with E-state index in [1.165, 1.54) is 12.1 Å². The number of anilines is 1. The fourth-order valence-electron chi connectivity index (χ4n) is 2.24. The number of nitrogens with two attached hydrogens (primary N) is 1. The minimum atomic E-state index is -1.19. The lowest BCUT2D eigenvalue weighted by atomic mass is 9.99. The smallest absolute Gasteiger partial charge is 0.411 e. The van der Waals surface area contributed by atoms with Gasteiger partial charge in [0.2, 0.25) is 5.95 Å². The van der Waals surface area contributed by atoms with Crippen molar-refractivity contribution < 1.29 is 14.3 Å². The van der Waals surface area contributed by atoms with E-state index in [1.807, 2.05) is 6.07 Å². The van der Waals surface area contributed by atoms with Gasteiger partial charge in [-0.1, -0.05) is 18.2 Å². The number of carboxylic acid groups (broad SMARTS) is 1. The fraction of sp³-hybridized carbons (Fsp3) is 0.0667. The second kappa shape index (κ2) is 5.45. The van der Waals surface area contributed by atoms with Crippen molar-refractivity contribution in [2.24, 2.45) is 5.73 Å². The molecule has 0 aliphatic rings. The summed E-state index contributed by atoms with van der Waals surface area (Å²) in [6, 6.07) is 10.9. The molecule has 0 saturated heterocycles. The van der Waals surface area contributed by atoms with Gasteiger partial charge in [0.25, 0.3) is 0 Å². The van der Waals surface area contributed by atoms with Crippen LogP contribution in [-0.2, 0) is 0 Å². The zero-order valence-electron chi connectivity index (χ0n) is 11.4. The van der Waals surface area contributed by atoms with E-state index in [9.17, 15) is 9.18 Å². The van der Waals surface area contributed by atoms with Crippen LogP contribution in [0.5, 0.6) is 0 Å². The normalized spacial score (nSPS) is 12.3. The molecule has 22 heavy (non-hydrogen) atoms. The van der Waals surface area contributed by atoms with E-state index in [0.717, 1.165) is 11.1 Å². The van der Waals surface area contributed by atoms with E-state index in [0.29, 0.717) is 11.0 Å². The predicted molar refractivity (Wildman–Crippen MR) is 80.2 cm³/mol. The molecule has 0 aliphatic carbocycles. The Morgan fingerprint density at radius 3 is 2.59 bits per heavy atom. The third kappa shape index (κ3) is 2.75. The van der Waals surface area contributed by atoms with Crippen LogP contribution in [-0.4, -0.2) is 21.2 Å². The molecule has 2 aromatic carbocycles. The zero-order valence-corrected chi connectivity index (χ0v) is 11.4. The van der Waals surface area contributed by atoms with Crippen LogP contribution in [0.3, 0.4) is 0 Å². The Balaban J connectivity index is 1.93. The molecule has 0 fully saturated rings. The maximum Gasteiger partial charge on any atom is 0.411 e. The van der Waals surface area contributed by atoms with Crippen molar-refractivity contribution in [1.29, 1.82) is 0 Å². The minimum absolute atomic E-state index is 0.148. The summed E-state index contributed by atoms with van der Waals surface area (Å²) in [6.07, 6.45) is -1.19. The minimum Gasteiger partial charge on any atom is -0.465 e. The first-order valence-corrected chi connectivity index (χ1v) is 6.53. The van der Waals surface area contributed by atoms with Crippen molar-refractivity contribution >= 4 is 23.1 Å². The lowest BCUT2D eigenvalue weighted by Crippen LogP contribution is -2.11. The maximum absolute atomic E-state index is 13.0. The molecule has 1 heterocycles. The Kier molecular flexibility index (Phi) is 3.48. The van der Waals surface area contributed by atoms with Gasteiger partial charge in [-0.2, -0.15) is 0 Å². The van der Waals surface area contributed by atoms with Crippen molar-refractivity contribution in [2.75, 3.05) is 5.32 Å². The zero-order chi connectivity index (χ0) is 15.7. The predicted octanol–water partition coefficient (Wildman–Crippen LogP) is 2.84. The van der Waals surface area contributed by atoms with Crippen molar-refractivity contribution in [3.63, 3.8) is 0 Å². The standard InChI is InChI=1S/C15H13FN4O2/c16-10-4-1-8(2-5-10)13(17)9-3-6-11-12(7-9)19-14(18-11)20-15(21)22/h1-7,13H,17H2,(H,21,22)(H2,18,19,20). The summed E-state index contributed by atoms with van der Waals surface area (Å²) in [5.41, 5.74) is 9.04. The molecule has 0 radical (unpaired) electrons. The Morgan fingerprint density at radius 1 is 1.23 bits per heavy atom. The number of nitrogens with zero attached hydrogens (tertiary/aromatic N) is 1. The summed E-state index contributed by atoms with van der Waals surface area (Å²) >= 11 is 0.